The third-order valence-corrected chi connectivity index (χ3v) is 6.42. The van der Waals surface area contributed by atoms with Gasteiger partial charge in [-0.05, 0) is 36.2 Å². The highest BCUT2D eigenvalue weighted by Gasteiger charge is 2.37. The van der Waals surface area contributed by atoms with E-state index in [9.17, 15) is 14.7 Å². The molecule has 0 heterocycles. The van der Waals surface area contributed by atoms with Gasteiger partial charge in [0.25, 0.3) is 0 Å². The lowest BCUT2D eigenvalue weighted by molar-refractivity contribution is -0.132. The van der Waals surface area contributed by atoms with Gasteiger partial charge in [-0.3, -0.25) is 4.79 Å². The maximum Gasteiger partial charge on any atom is 0.330 e. The van der Waals surface area contributed by atoms with Gasteiger partial charge in [0.1, 0.15) is 0 Å². The standard InChI is InChI=1S/C28H43NO3/c1-10-23(28(8,9)22-14-12-11-13-15-22)25(30)29-24(27(5,6)7)17-16-21(19(2)3)18-20(4)26(31)32/h11-19,21,23-24H,10H2,1-9H3,(H,29,30)(H,31,32)/b17-16+,20-18+/t21?,23?,24-/m1/s1. The van der Waals surface area contributed by atoms with Gasteiger partial charge in [0.2, 0.25) is 5.91 Å². The molecule has 3 atom stereocenters. The third-order valence-electron chi connectivity index (χ3n) is 6.42. The van der Waals surface area contributed by atoms with Crippen LogP contribution >= 0.6 is 0 Å². The number of carbonyl (C=O) groups excluding carboxylic acids is 1. The molecule has 2 N–H and O–H groups in total. The number of amides is 1. The Hall–Kier alpha value is -2.36. The highest BCUT2D eigenvalue weighted by molar-refractivity contribution is 5.85. The Bertz CT molecular complexity index is 813. The molecule has 0 saturated heterocycles. The second kappa shape index (κ2) is 11.5. The summed E-state index contributed by atoms with van der Waals surface area (Å²) in [5.41, 5.74) is 1.00. The SMILES string of the molecule is CCC(C(=O)N[C@H](/C=C/C(/C=C(\C)C(=O)O)C(C)C)C(C)(C)C)C(C)(C)c1ccccc1. The Morgan fingerprint density at radius 1 is 1.03 bits per heavy atom. The molecule has 0 saturated carbocycles. The first-order valence-corrected chi connectivity index (χ1v) is 11.7. The van der Waals surface area contributed by atoms with E-state index in [1.807, 2.05) is 30.4 Å². The van der Waals surface area contributed by atoms with Crippen LogP contribution in [0.25, 0.3) is 0 Å². The molecule has 0 radical (unpaired) electrons. The van der Waals surface area contributed by atoms with Crippen molar-refractivity contribution in [3.8, 4) is 0 Å². The third kappa shape index (κ3) is 7.65. The normalized spacial score (nSPS) is 16.1. The van der Waals surface area contributed by atoms with Crippen molar-refractivity contribution in [3.63, 3.8) is 0 Å². The Labute approximate surface area is 195 Å². The summed E-state index contributed by atoms with van der Waals surface area (Å²) >= 11 is 0. The largest absolute Gasteiger partial charge is 0.478 e. The van der Waals surface area contributed by atoms with Crippen LogP contribution in [0.5, 0.6) is 0 Å². The van der Waals surface area contributed by atoms with Crippen LogP contribution in [0, 0.1) is 23.2 Å². The summed E-state index contributed by atoms with van der Waals surface area (Å²) in [4.78, 5) is 24.7. The first-order chi connectivity index (χ1) is 14.7. The van der Waals surface area contributed by atoms with Gasteiger partial charge in [-0.15, -0.1) is 0 Å². The van der Waals surface area contributed by atoms with E-state index in [-0.39, 0.29) is 40.5 Å². The predicted octanol–water partition coefficient (Wildman–Crippen LogP) is 6.38. The summed E-state index contributed by atoms with van der Waals surface area (Å²) in [5, 5.41) is 12.5. The topological polar surface area (TPSA) is 66.4 Å². The van der Waals surface area contributed by atoms with E-state index in [4.69, 9.17) is 0 Å². The van der Waals surface area contributed by atoms with Crippen LogP contribution in [-0.2, 0) is 15.0 Å². The van der Waals surface area contributed by atoms with Gasteiger partial charge < -0.3 is 10.4 Å². The summed E-state index contributed by atoms with van der Waals surface area (Å²) in [6.07, 6.45) is 6.61. The minimum Gasteiger partial charge on any atom is -0.478 e. The van der Waals surface area contributed by atoms with Crippen LogP contribution < -0.4 is 5.32 Å². The van der Waals surface area contributed by atoms with Gasteiger partial charge in [-0.2, -0.15) is 0 Å². The Kier molecular flexibility index (Phi) is 9.94. The molecule has 0 aliphatic carbocycles. The molecule has 0 aromatic heterocycles. The minimum absolute atomic E-state index is 0.0180. The number of hydrogen-bond acceptors (Lipinski definition) is 2. The first kappa shape index (κ1) is 27.7. The highest BCUT2D eigenvalue weighted by Crippen LogP contribution is 2.34. The molecule has 2 unspecified atom stereocenters. The maximum absolute atomic E-state index is 13.5. The van der Waals surface area contributed by atoms with Crippen molar-refractivity contribution in [2.75, 3.05) is 0 Å². The number of aliphatic carboxylic acids is 1. The molecular weight excluding hydrogens is 398 g/mol. The lowest BCUT2D eigenvalue weighted by Crippen LogP contribution is -2.48. The van der Waals surface area contributed by atoms with Crippen molar-refractivity contribution in [3.05, 3.63) is 59.7 Å². The molecule has 0 aliphatic rings. The molecule has 0 fully saturated rings. The monoisotopic (exact) mass is 441 g/mol. The van der Waals surface area contributed by atoms with Crippen LogP contribution in [0.15, 0.2) is 54.1 Å². The highest BCUT2D eigenvalue weighted by atomic mass is 16.4. The Morgan fingerprint density at radius 3 is 2.03 bits per heavy atom. The lowest BCUT2D eigenvalue weighted by atomic mass is 9.71. The molecule has 1 amide bonds. The second-order valence-electron chi connectivity index (χ2n) is 10.8. The van der Waals surface area contributed by atoms with Gasteiger partial charge in [-0.1, -0.05) is 104 Å². The van der Waals surface area contributed by atoms with Crippen molar-refractivity contribution in [2.45, 2.75) is 80.2 Å². The summed E-state index contributed by atoms with van der Waals surface area (Å²) < 4.78 is 0. The summed E-state index contributed by atoms with van der Waals surface area (Å²) in [6.45, 7) is 18.4. The summed E-state index contributed by atoms with van der Waals surface area (Å²) in [7, 11) is 0. The molecule has 1 rings (SSSR count). The fraction of sp³-hybridized carbons (Fsp3) is 0.571. The van der Waals surface area contributed by atoms with Gasteiger partial charge in [0.15, 0.2) is 0 Å². The number of carbonyl (C=O) groups is 2. The molecule has 1 aromatic carbocycles. The van der Waals surface area contributed by atoms with Gasteiger partial charge in [0.05, 0.1) is 6.04 Å². The first-order valence-electron chi connectivity index (χ1n) is 11.7. The van der Waals surface area contributed by atoms with Crippen molar-refractivity contribution >= 4 is 11.9 Å². The fourth-order valence-corrected chi connectivity index (χ4v) is 3.97. The summed E-state index contributed by atoms with van der Waals surface area (Å²) in [5.74, 6) is -0.797. The van der Waals surface area contributed by atoms with E-state index in [1.54, 1.807) is 13.0 Å². The van der Waals surface area contributed by atoms with Crippen molar-refractivity contribution in [1.82, 2.24) is 5.32 Å². The van der Waals surface area contributed by atoms with Gasteiger partial charge in [-0.25, -0.2) is 4.79 Å². The number of allylic oxidation sites excluding steroid dienone is 2. The van der Waals surface area contributed by atoms with Crippen molar-refractivity contribution in [2.24, 2.45) is 23.2 Å². The maximum atomic E-state index is 13.5. The zero-order valence-electron chi connectivity index (χ0n) is 21.4. The number of hydrogen-bond donors (Lipinski definition) is 2. The zero-order chi connectivity index (χ0) is 24.7. The van der Waals surface area contributed by atoms with Crippen LogP contribution in [0.2, 0.25) is 0 Å². The van der Waals surface area contributed by atoms with Crippen LogP contribution in [0.4, 0.5) is 0 Å². The molecule has 1 aromatic rings. The molecule has 4 nitrogen and oxygen atoms in total. The number of carboxylic acids is 1. The van der Waals surface area contributed by atoms with Gasteiger partial charge >= 0.3 is 5.97 Å². The predicted molar refractivity (Wildman–Crippen MR) is 133 cm³/mol. The van der Waals surface area contributed by atoms with E-state index < -0.39 is 5.97 Å². The van der Waals surface area contributed by atoms with E-state index in [1.165, 1.54) is 0 Å². The quantitative estimate of drug-likeness (QED) is 0.327. The number of benzene rings is 1. The molecule has 0 spiro atoms. The molecule has 0 aliphatic heterocycles. The number of carboxylic acid groups (broad SMARTS) is 1. The lowest BCUT2D eigenvalue weighted by Gasteiger charge is -2.36. The molecule has 178 valence electrons. The number of nitrogens with one attached hydrogen (secondary N) is 1. The zero-order valence-corrected chi connectivity index (χ0v) is 21.4. The van der Waals surface area contributed by atoms with Crippen LogP contribution in [0.1, 0.15) is 74.3 Å². The smallest absolute Gasteiger partial charge is 0.330 e. The minimum atomic E-state index is -0.904. The van der Waals surface area contributed by atoms with Crippen LogP contribution in [0.3, 0.4) is 0 Å². The molecule has 0 bridgehead atoms. The number of rotatable bonds is 10. The van der Waals surface area contributed by atoms with E-state index in [2.05, 4.69) is 72.8 Å². The summed E-state index contributed by atoms with van der Waals surface area (Å²) in [6, 6.07) is 10.0. The van der Waals surface area contributed by atoms with E-state index in [0.29, 0.717) is 5.57 Å². The van der Waals surface area contributed by atoms with E-state index >= 15 is 0 Å². The Balaban J connectivity index is 3.18. The fourth-order valence-electron chi connectivity index (χ4n) is 3.97. The average molecular weight is 442 g/mol. The average Bonchev–Trinajstić information content (AvgIpc) is 2.69. The second-order valence-corrected chi connectivity index (χ2v) is 10.8. The van der Waals surface area contributed by atoms with Gasteiger partial charge in [0, 0.05) is 16.9 Å². The molecular formula is C28H43NO3. The van der Waals surface area contributed by atoms with Crippen molar-refractivity contribution < 1.29 is 14.7 Å². The van der Waals surface area contributed by atoms with E-state index in [0.717, 1.165) is 12.0 Å². The van der Waals surface area contributed by atoms with Crippen molar-refractivity contribution in [1.29, 1.82) is 0 Å². The Morgan fingerprint density at radius 2 is 1.59 bits per heavy atom. The van der Waals surface area contributed by atoms with Crippen LogP contribution in [-0.4, -0.2) is 23.0 Å². The molecule has 4 heteroatoms. The molecule has 32 heavy (non-hydrogen) atoms.